The van der Waals surface area contributed by atoms with Crippen molar-refractivity contribution in [2.45, 2.75) is 174 Å². The van der Waals surface area contributed by atoms with Crippen LogP contribution in [0.2, 0.25) is 0 Å². The highest BCUT2D eigenvalue weighted by molar-refractivity contribution is 5.95. The van der Waals surface area contributed by atoms with E-state index in [1.807, 2.05) is 90.1 Å². The molecule has 4 aliphatic rings. The molecule has 0 bridgehead atoms. The molecular formula is C53H76N8O10. The number of hydrogen-bond donors (Lipinski definition) is 6. The van der Waals surface area contributed by atoms with Crippen LogP contribution in [0.1, 0.15) is 135 Å². The Kier molecular flexibility index (Phi) is 17.7. The van der Waals surface area contributed by atoms with Crippen LogP contribution in [-0.2, 0) is 60.7 Å². The highest BCUT2D eigenvalue weighted by Crippen LogP contribution is 2.37. The van der Waals surface area contributed by atoms with Crippen LogP contribution in [0.4, 0.5) is 0 Å². The fraction of sp³-hybridized carbons (Fsp3) is 0.623. The molecule has 6 N–H and O–H groups in total. The van der Waals surface area contributed by atoms with Crippen LogP contribution in [0.5, 0.6) is 0 Å². The highest BCUT2D eigenvalue weighted by Gasteiger charge is 2.46. The van der Waals surface area contributed by atoms with Crippen LogP contribution in [0, 0.1) is 10.8 Å². The third-order valence-electron chi connectivity index (χ3n) is 14.4. The number of benzene rings is 2. The summed E-state index contributed by atoms with van der Waals surface area (Å²) in [5.41, 5.74) is 2.17. The summed E-state index contributed by atoms with van der Waals surface area (Å²) in [4.78, 5) is 112. The Morgan fingerprint density at radius 1 is 0.592 bits per heavy atom. The van der Waals surface area contributed by atoms with Gasteiger partial charge in [-0.15, -0.1) is 0 Å². The molecule has 71 heavy (non-hydrogen) atoms. The predicted octanol–water partition coefficient (Wildman–Crippen LogP) is 3.07. The van der Waals surface area contributed by atoms with Crippen LogP contribution < -0.4 is 31.9 Å². The Morgan fingerprint density at radius 3 is 1.31 bits per heavy atom. The Hall–Kier alpha value is -5.88. The second-order valence-electron chi connectivity index (χ2n) is 21.7. The van der Waals surface area contributed by atoms with Gasteiger partial charge in [0.1, 0.15) is 36.4 Å². The first-order chi connectivity index (χ1) is 33.5. The van der Waals surface area contributed by atoms with E-state index in [0.29, 0.717) is 51.6 Å². The maximum atomic E-state index is 14.1. The summed E-state index contributed by atoms with van der Waals surface area (Å²) in [6, 6.07) is 9.33. The van der Waals surface area contributed by atoms with Crippen molar-refractivity contribution in [1.29, 1.82) is 0 Å². The van der Waals surface area contributed by atoms with Crippen molar-refractivity contribution in [3.05, 3.63) is 70.8 Å². The zero-order valence-corrected chi connectivity index (χ0v) is 43.1. The van der Waals surface area contributed by atoms with Gasteiger partial charge in [0.2, 0.25) is 35.4 Å². The van der Waals surface area contributed by atoms with Crippen LogP contribution in [-0.4, -0.2) is 133 Å². The molecule has 2 fully saturated rings. The van der Waals surface area contributed by atoms with Crippen molar-refractivity contribution >= 4 is 47.4 Å². The van der Waals surface area contributed by atoms with Gasteiger partial charge in [0.25, 0.3) is 0 Å². The number of carbonyl (C=O) groups excluding carboxylic acids is 8. The molecule has 2 heterocycles. The smallest absolute Gasteiger partial charge is 0.306 e. The average molecular weight is 985 g/mol. The third kappa shape index (κ3) is 13.0. The molecular weight excluding hydrogens is 909 g/mol. The number of nitrogens with one attached hydrogen (secondary N) is 6. The molecule has 2 aromatic carbocycles. The Balaban J connectivity index is 1.05. The lowest BCUT2D eigenvalue weighted by Gasteiger charge is -2.36. The van der Waals surface area contributed by atoms with Gasteiger partial charge in [-0.1, -0.05) is 90.1 Å². The van der Waals surface area contributed by atoms with Crippen LogP contribution in [0.3, 0.4) is 0 Å². The van der Waals surface area contributed by atoms with Gasteiger partial charge in [0, 0.05) is 38.8 Å². The van der Waals surface area contributed by atoms with E-state index in [9.17, 15) is 38.4 Å². The molecule has 0 aromatic heterocycles. The molecule has 2 saturated heterocycles. The number of hydrogen-bond acceptors (Lipinski definition) is 12. The molecule has 6 amide bonds. The van der Waals surface area contributed by atoms with E-state index in [-0.39, 0.29) is 54.7 Å². The SMILES string of the molecule is CN[C@@H](C)C(=O)N[C@H](C(=O)N1CCC[C@H]1C(=O)N[C@H]1c2ccccc2C[C@@H]1OC(=O)CCCC(=O)O[C@H]1Cc2ccccc2[C@@H]1NC(=O)[C@@H]1CCCN1C(=O)[C@@H](NC(=O)[C@H](C)NC)C(C)(C)C)C(C)(C)C. The summed E-state index contributed by atoms with van der Waals surface area (Å²) >= 11 is 0. The normalized spacial score (nSPS) is 23.4. The molecule has 18 heteroatoms. The number of fused-ring (bicyclic) bond motifs is 2. The van der Waals surface area contributed by atoms with Crippen LogP contribution >= 0.6 is 0 Å². The van der Waals surface area contributed by atoms with Crippen molar-refractivity contribution in [2.24, 2.45) is 10.8 Å². The first-order valence-electron chi connectivity index (χ1n) is 25.3. The fourth-order valence-corrected chi connectivity index (χ4v) is 10.0. The van der Waals surface area contributed by atoms with Gasteiger partial charge in [-0.25, -0.2) is 0 Å². The highest BCUT2D eigenvalue weighted by atomic mass is 16.5. The number of rotatable bonds is 18. The maximum absolute atomic E-state index is 14.1. The van der Waals surface area contributed by atoms with Crippen LogP contribution in [0.25, 0.3) is 0 Å². The molecule has 0 saturated carbocycles. The van der Waals surface area contributed by atoms with Crippen molar-refractivity contribution in [2.75, 3.05) is 27.2 Å². The Labute approximate surface area is 418 Å². The number of carbonyl (C=O) groups is 8. The lowest BCUT2D eigenvalue weighted by atomic mass is 9.85. The van der Waals surface area contributed by atoms with E-state index in [4.69, 9.17) is 9.47 Å². The molecule has 2 aromatic rings. The van der Waals surface area contributed by atoms with E-state index < -0.39 is 83.3 Å². The van der Waals surface area contributed by atoms with Gasteiger partial charge in [0.05, 0.1) is 24.2 Å². The summed E-state index contributed by atoms with van der Waals surface area (Å²) in [6.07, 6.45) is 1.24. The lowest BCUT2D eigenvalue weighted by molar-refractivity contribution is -0.153. The molecule has 10 atom stereocenters. The number of nitrogens with zero attached hydrogens (tertiary/aromatic N) is 2. The van der Waals surface area contributed by atoms with Crippen molar-refractivity contribution in [3.8, 4) is 0 Å². The Bertz CT molecular complexity index is 2150. The summed E-state index contributed by atoms with van der Waals surface area (Å²) in [7, 11) is 3.33. The predicted molar refractivity (Wildman–Crippen MR) is 265 cm³/mol. The Morgan fingerprint density at radius 2 is 0.958 bits per heavy atom. The minimum absolute atomic E-state index is 0.0971. The zero-order valence-electron chi connectivity index (χ0n) is 43.1. The number of likely N-dealkylation sites (N-methyl/N-ethyl adjacent to an activating group) is 2. The zero-order chi connectivity index (χ0) is 51.9. The maximum Gasteiger partial charge on any atom is 0.306 e. The molecule has 2 aliphatic carbocycles. The van der Waals surface area contributed by atoms with Gasteiger partial charge >= 0.3 is 11.9 Å². The molecule has 0 radical (unpaired) electrons. The van der Waals surface area contributed by atoms with E-state index in [0.717, 1.165) is 22.3 Å². The van der Waals surface area contributed by atoms with E-state index in [1.165, 1.54) is 0 Å². The molecule has 0 unspecified atom stereocenters. The fourth-order valence-electron chi connectivity index (χ4n) is 10.0. The summed E-state index contributed by atoms with van der Waals surface area (Å²) in [5.74, 6) is -3.17. The van der Waals surface area contributed by atoms with E-state index >= 15 is 0 Å². The van der Waals surface area contributed by atoms with Crippen molar-refractivity contribution < 1.29 is 47.8 Å². The largest absolute Gasteiger partial charge is 0.459 e. The number of likely N-dealkylation sites (tertiary alicyclic amines) is 2. The minimum Gasteiger partial charge on any atom is -0.459 e. The molecule has 0 spiro atoms. The minimum atomic E-state index is -0.872. The molecule has 2 aliphatic heterocycles. The second-order valence-corrected chi connectivity index (χ2v) is 21.7. The van der Waals surface area contributed by atoms with Crippen LogP contribution in [0.15, 0.2) is 48.5 Å². The topological polar surface area (TPSA) is 234 Å². The van der Waals surface area contributed by atoms with Gasteiger partial charge < -0.3 is 51.2 Å². The molecule has 18 nitrogen and oxygen atoms in total. The van der Waals surface area contributed by atoms with Gasteiger partial charge in [-0.3, -0.25) is 38.4 Å². The van der Waals surface area contributed by atoms with Crippen molar-refractivity contribution in [3.63, 3.8) is 0 Å². The van der Waals surface area contributed by atoms with E-state index in [1.54, 1.807) is 37.7 Å². The monoisotopic (exact) mass is 985 g/mol. The average Bonchev–Trinajstić information content (AvgIpc) is 4.14. The summed E-state index contributed by atoms with van der Waals surface area (Å²) < 4.78 is 12.1. The first-order valence-corrected chi connectivity index (χ1v) is 25.3. The quantitative estimate of drug-likeness (QED) is 0.118. The molecule has 6 rings (SSSR count). The van der Waals surface area contributed by atoms with E-state index in [2.05, 4.69) is 31.9 Å². The second kappa shape index (κ2) is 23.1. The number of ether oxygens (including phenoxy) is 2. The molecule has 388 valence electrons. The third-order valence-corrected chi connectivity index (χ3v) is 14.4. The summed E-state index contributed by atoms with van der Waals surface area (Å²) in [5, 5.41) is 17.8. The van der Waals surface area contributed by atoms with Crippen molar-refractivity contribution in [1.82, 2.24) is 41.7 Å². The van der Waals surface area contributed by atoms with Gasteiger partial charge in [0.15, 0.2) is 0 Å². The lowest BCUT2D eigenvalue weighted by Crippen LogP contribution is -2.59. The summed E-state index contributed by atoms with van der Waals surface area (Å²) in [6.45, 7) is 15.3. The standard InChI is InChI=1S/C53H76N8O10/c1-30(54-9)46(64)58-44(52(3,4)5)50(68)60-26-16-22-36(60)48(66)56-42-34-20-13-11-18-32(34)28-38(42)70-40(62)24-15-25-41(63)71-39-29-33-19-12-14-21-35(33)43(39)57-49(67)37-23-17-27-61(37)51(69)45(53(6,7)8)59-47(65)31(2)55-10/h11-14,18-21,30-31,36-39,42-45,54-55H,15-17,22-29H2,1-10H3,(H,56,66)(H,57,67)(H,58,64)(H,59,65)/t30-,31-,36-,37-,38-,39-,42-,43-,44+,45+/m0/s1. The number of esters is 2. The van der Waals surface area contributed by atoms with Gasteiger partial charge in [-0.05, 0) is 93.1 Å². The van der Waals surface area contributed by atoms with Gasteiger partial charge in [-0.2, -0.15) is 0 Å². The first kappa shape index (κ1) is 54.5. The number of amides is 6.